The molecule has 0 aliphatic carbocycles. The van der Waals surface area contributed by atoms with Crippen molar-refractivity contribution in [2.45, 2.75) is 38.9 Å². The molecule has 7 nitrogen and oxygen atoms in total. The van der Waals surface area contributed by atoms with Crippen molar-refractivity contribution in [3.63, 3.8) is 0 Å². The summed E-state index contributed by atoms with van der Waals surface area (Å²) in [6.07, 6.45) is 5.25. The van der Waals surface area contributed by atoms with Crippen LogP contribution in [0.15, 0.2) is 12.2 Å². The number of imide groups is 1. The van der Waals surface area contributed by atoms with Crippen molar-refractivity contribution < 1.29 is 28.7 Å². The summed E-state index contributed by atoms with van der Waals surface area (Å²) in [6.45, 7) is 1.82. The zero-order chi connectivity index (χ0) is 16.5. The number of thioether (sulfide) groups is 1. The van der Waals surface area contributed by atoms with Crippen molar-refractivity contribution in [2.75, 3.05) is 12.8 Å². The summed E-state index contributed by atoms with van der Waals surface area (Å²) < 4.78 is 9.69. The SMILES string of the molecule is CSC(=O)OC(C)OC(=O)CCCCCN1C(=O)C=CC1=O. The van der Waals surface area contributed by atoms with E-state index in [1.807, 2.05) is 0 Å². The van der Waals surface area contributed by atoms with Gasteiger partial charge in [0.25, 0.3) is 11.8 Å². The second-order valence-electron chi connectivity index (χ2n) is 4.60. The molecule has 1 unspecified atom stereocenters. The molecule has 1 atom stereocenters. The van der Waals surface area contributed by atoms with Gasteiger partial charge in [-0.15, -0.1) is 0 Å². The third-order valence-corrected chi connectivity index (χ3v) is 3.32. The molecule has 122 valence electrons. The largest absolute Gasteiger partial charge is 0.425 e. The molecule has 22 heavy (non-hydrogen) atoms. The summed E-state index contributed by atoms with van der Waals surface area (Å²) in [4.78, 5) is 46.2. The van der Waals surface area contributed by atoms with Gasteiger partial charge >= 0.3 is 11.3 Å². The second-order valence-corrected chi connectivity index (χ2v) is 5.34. The molecular weight excluding hydrogens is 310 g/mol. The molecule has 0 aromatic heterocycles. The molecule has 0 fully saturated rings. The number of carbonyl (C=O) groups excluding carboxylic acids is 4. The maximum absolute atomic E-state index is 11.5. The first-order valence-electron chi connectivity index (χ1n) is 6.91. The number of unbranched alkanes of at least 4 members (excludes halogenated alkanes) is 2. The molecule has 1 aliphatic heterocycles. The van der Waals surface area contributed by atoms with Crippen LogP contribution < -0.4 is 0 Å². The zero-order valence-corrected chi connectivity index (χ0v) is 13.4. The molecule has 0 bridgehead atoms. The van der Waals surface area contributed by atoms with Gasteiger partial charge in [0.2, 0.25) is 6.29 Å². The quantitative estimate of drug-likeness (QED) is 0.290. The van der Waals surface area contributed by atoms with Crippen LogP contribution >= 0.6 is 11.8 Å². The van der Waals surface area contributed by atoms with Crippen LogP contribution in [-0.4, -0.2) is 47.1 Å². The fourth-order valence-electron chi connectivity index (χ4n) is 1.82. The Morgan fingerprint density at radius 1 is 1.14 bits per heavy atom. The number of hydrogen-bond acceptors (Lipinski definition) is 7. The third-order valence-electron chi connectivity index (χ3n) is 2.89. The molecule has 0 N–H and O–H groups in total. The molecule has 2 amide bonds. The first-order chi connectivity index (χ1) is 10.4. The van der Waals surface area contributed by atoms with Crippen LogP contribution in [0.2, 0.25) is 0 Å². The van der Waals surface area contributed by atoms with Crippen molar-refractivity contribution in [3.8, 4) is 0 Å². The fourth-order valence-corrected chi connectivity index (χ4v) is 2.05. The van der Waals surface area contributed by atoms with E-state index in [0.29, 0.717) is 25.8 Å². The van der Waals surface area contributed by atoms with Crippen LogP contribution in [0.4, 0.5) is 4.79 Å². The number of esters is 1. The van der Waals surface area contributed by atoms with Crippen LogP contribution in [0.1, 0.15) is 32.6 Å². The lowest BCUT2D eigenvalue weighted by Crippen LogP contribution is -2.30. The molecule has 1 rings (SSSR count). The third kappa shape index (κ3) is 6.30. The number of hydrogen-bond donors (Lipinski definition) is 0. The van der Waals surface area contributed by atoms with Crippen LogP contribution in [0.3, 0.4) is 0 Å². The summed E-state index contributed by atoms with van der Waals surface area (Å²) >= 11 is 0.900. The van der Waals surface area contributed by atoms with E-state index >= 15 is 0 Å². The van der Waals surface area contributed by atoms with Crippen molar-refractivity contribution in [1.82, 2.24) is 4.90 Å². The Labute approximate surface area is 133 Å². The first kappa shape index (κ1) is 18.2. The van der Waals surface area contributed by atoms with Gasteiger partial charge in [-0.25, -0.2) is 4.79 Å². The summed E-state index contributed by atoms with van der Waals surface area (Å²) in [7, 11) is 0. The second kappa shape index (κ2) is 9.24. The van der Waals surface area contributed by atoms with Gasteiger partial charge in [-0.05, 0) is 30.9 Å². The molecule has 8 heteroatoms. The summed E-state index contributed by atoms with van der Waals surface area (Å²) in [5, 5.41) is -0.506. The molecule has 0 aromatic rings. The molecule has 0 radical (unpaired) electrons. The zero-order valence-electron chi connectivity index (χ0n) is 12.6. The van der Waals surface area contributed by atoms with Crippen molar-refractivity contribution in [1.29, 1.82) is 0 Å². The molecular formula is C14H19NO6S. The van der Waals surface area contributed by atoms with Crippen molar-refractivity contribution in [3.05, 3.63) is 12.2 Å². The molecule has 1 heterocycles. The summed E-state index contributed by atoms with van der Waals surface area (Å²) in [5.41, 5.74) is 0. The van der Waals surface area contributed by atoms with Crippen molar-refractivity contribution >= 4 is 34.8 Å². The van der Waals surface area contributed by atoms with E-state index in [4.69, 9.17) is 9.47 Å². The first-order valence-corrected chi connectivity index (χ1v) is 8.14. The Balaban J connectivity index is 2.09. The van der Waals surface area contributed by atoms with Gasteiger partial charge in [0, 0.05) is 32.0 Å². The summed E-state index contributed by atoms with van der Waals surface area (Å²) in [6, 6.07) is 0. The lowest BCUT2D eigenvalue weighted by atomic mass is 10.2. The minimum Gasteiger partial charge on any atom is -0.425 e. The fraction of sp³-hybridized carbons (Fsp3) is 0.571. The Kier molecular flexibility index (Phi) is 7.65. The van der Waals surface area contributed by atoms with Gasteiger partial charge in [-0.3, -0.25) is 19.3 Å². The van der Waals surface area contributed by atoms with Crippen LogP contribution in [0.5, 0.6) is 0 Å². The number of nitrogens with zero attached hydrogens (tertiary/aromatic N) is 1. The smallest absolute Gasteiger partial charge is 0.370 e. The van der Waals surface area contributed by atoms with E-state index in [0.717, 1.165) is 11.8 Å². The van der Waals surface area contributed by atoms with E-state index in [2.05, 4.69) is 0 Å². The topological polar surface area (TPSA) is 90.0 Å². The van der Waals surface area contributed by atoms with Gasteiger partial charge in [-0.2, -0.15) is 0 Å². The van der Waals surface area contributed by atoms with Gasteiger partial charge in [-0.1, -0.05) is 6.42 Å². The highest BCUT2D eigenvalue weighted by Crippen LogP contribution is 2.09. The van der Waals surface area contributed by atoms with Crippen LogP contribution in [0.25, 0.3) is 0 Å². The van der Waals surface area contributed by atoms with Gasteiger partial charge in [0.15, 0.2) is 0 Å². The van der Waals surface area contributed by atoms with Crippen LogP contribution in [-0.2, 0) is 23.9 Å². The molecule has 0 spiro atoms. The highest BCUT2D eigenvalue weighted by Gasteiger charge is 2.22. The maximum atomic E-state index is 11.5. The number of carbonyl (C=O) groups is 4. The highest BCUT2D eigenvalue weighted by atomic mass is 32.2. The lowest BCUT2D eigenvalue weighted by Gasteiger charge is -2.14. The highest BCUT2D eigenvalue weighted by molar-refractivity contribution is 8.12. The van der Waals surface area contributed by atoms with Gasteiger partial charge < -0.3 is 9.47 Å². The predicted molar refractivity (Wildman–Crippen MR) is 79.9 cm³/mol. The number of ether oxygens (including phenoxy) is 2. The average Bonchev–Trinajstić information content (AvgIpc) is 2.78. The molecule has 0 aromatic carbocycles. The monoisotopic (exact) mass is 329 g/mol. The molecule has 0 saturated carbocycles. The number of amides is 2. The minimum atomic E-state index is -0.904. The Morgan fingerprint density at radius 2 is 1.77 bits per heavy atom. The normalized spacial score (nSPS) is 15.1. The average molecular weight is 329 g/mol. The van der Waals surface area contributed by atoms with E-state index in [-0.39, 0.29) is 18.2 Å². The molecule has 1 aliphatic rings. The van der Waals surface area contributed by atoms with E-state index in [9.17, 15) is 19.2 Å². The van der Waals surface area contributed by atoms with E-state index < -0.39 is 17.6 Å². The van der Waals surface area contributed by atoms with Crippen molar-refractivity contribution in [2.24, 2.45) is 0 Å². The predicted octanol–water partition coefficient (Wildman–Crippen LogP) is 1.86. The minimum absolute atomic E-state index is 0.196. The van der Waals surface area contributed by atoms with Gasteiger partial charge in [0.05, 0.1) is 0 Å². The Morgan fingerprint density at radius 3 is 2.36 bits per heavy atom. The summed E-state index contributed by atoms with van der Waals surface area (Å²) in [5.74, 6) is -1.04. The van der Waals surface area contributed by atoms with E-state index in [1.54, 1.807) is 6.26 Å². The molecule has 0 saturated heterocycles. The van der Waals surface area contributed by atoms with Crippen LogP contribution in [0, 0.1) is 0 Å². The Hall–Kier alpha value is -1.83. The Bertz CT molecular complexity index is 458. The standard InChI is InChI=1S/C14H19NO6S/c1-10(21-14(19)22-2)20-13(18)6-4-3-5-9-15-11(16)7-8-12(15)17/h7-8,10H,3-6,9H2,1-2H3. The number of rotatable bonds is 8. The maximum Gasteiger partial charge on any atom is 0.370 e. The van der Waals surface area contributed by atoms with Gasteiger partial charge in [0.1, 0.15) is 0 Å². The van der Waals surface area contributed by atoms with E-state index in [1.165, 1.54) is 24.0 Å². The lowest BCUT2D eigenvalue weighted by molar-refractivity contribution is -0.163.